The van der Waals surface area contributed by atoms with Crippen molar-refractivity contribution in [3.8, 4) is 0 Å². The van der Waals surface area contributed by atoms with E-state index >= 15 is 0 Å². The molecule has 1 N–H and O–H groups in total. The van der Waals surface area contributed by atoms with E-state index in [1.807, 2.05) is 65.0 Å². The van der Waals surface area contributed by atoms with E-state index in [9.17, 15) is 18.0 Å². The Kier molecular flexibility index (Phi) is 11.4. The first-order valence-corrected chi connectivity index (χ1v) is 15.7. The molecule has 41 heavy (non-hydrogen) atoms. The van der Waals surface area contributed by atoms with Gasteiger partial charge in [0.1, 0.15) is 12.6 Å². The van der Waals surface area contributed by atoms with Crippen LogP contribution >= 0.6 is 11.6 Å². The number of hydrogen-bond donors (Lipinski definition) is 1. The molecule has 0 heterocycles. The summed E-state index contributed by atoms with van der Waals surface area (Å²) in [6.45, 7) is 9.79. The van der Waals surface area contributed by atoms with Crippen molar-refractivity contribution in [1.29, 1.82) is 0 Å². The molecule has 0 fully saturated rings. The Bertz CT molecular complexity index is 1430. The fourth-order valence-corrected chi connectivity index (χ4v) is 6.00. The molecule has 0 unspecified atom stereocenters. The van der Waals surface area contributed by atoms with Crippen molar-refractivity contribution in [3.63, 3.8) is 0 Å². The number of halogens is 1. The third-order valence-corrected chi connectivity index (χ3v) is 9.08. The zero-order chi connectivity index (χ0) is 30.2. The van der Waals surface area contributed by atoms with E-state index in [2.05, 4.69) is 5.32 Å². The van der Waals surface area contributed by atoms with Crippen molar-refractivity contribution in [1.82, 2.24) is 10.2 Å². The molecule has 0 spiro atoms. The maximum atomic E-state index is 14.1. The van der Waals surface area contributed by atoms with Crippen LogP contribution in [0.5, 0.6) is 0 Å². The van der Waals surface area contributed by atoms with Gasteiger partial charge in [0.25, 0.3) is 10.0 Å². The average molecular weight is 598 g/mol. The Labute approximate surface area is 249 Å². The monoisotopic (exact) mass is 597 g/mol. The standard InChI is InChI=1S/C32H40ClN3O4S/c1-6-30(32(38)34-21-23(2)3)35(19-18-26-10-8-7-9-11-26)31(37)22-36(27-15-14-25(5)29(33)20-27)41(39,40)28-16-12-24(4)13-17-28/h7-17,20,23,30H,6,18-19,21-22H2,1-5H3,(H,34,38)/t30-/m1/s1. The van der Waals surface area contributed by atoms with Crippen molar-refractivity contribution in [2.24, 2.45) is 5.92 Å². The summed E-state index contributed by atoms with van der Waals surface area (Å²) in [6.07, 6.45) is 0.896. The zero-order valence-electron chi connectivity index (χ0n) is 24.4. The minimum absolute atomic E-state index is 0.0603. The molecule has 0 bridgehead atoms. The first-order valence-electron chi connectivity index (χ1n) is 13.9. The maximum absolute atomic E-state index is 14.1. The number of carbonyl (C=O) groups excluding carboxylic acids is 2. The number of rotatable bonds is 13. The molecule has 3 rings (SSSR count). The molecule has 0 aliphatic heterocycles. The Morgan fingerprint density at radius 3 is 2.20 bits per heavy atom. The van der Waals surface area contributed by atoms with Gasteiger partial charge in [-0.25, -0.2) is 8.42 Å². The summed E-state index contributed by atoms with van der Waals surface area (Å²) in [5.74, 6) is -0.486. The van der Waals surface area contributed by atoms with E-state index in [1.165, 1.54) is 17.0 Å². The maximum Gasteiger partial charge on any atom is 0.264 e. The minimum atomic E-state index is -4.14. The van der Waals surface area contributed by atoms with E-state index in [0.717, 1.165) is 21.0 Å². The van der Waals surface area contributed by atoms with Crippen LogP contribution in [0.25, 0.3) is 0 Å². The number of aryl methyl sites for hydroxylation is 2. The topological polar surface area (TPSA) is 86.8 Å². The van der Waals surface area contributed by atoms with Gasteiger partial charge in [-0.1, -0.05) is 86.5 Å². The summed E-state index contributed by atoms with van der Waals surface area (Å²) in [6, 6.07) is 20.3. The van der Waals surface area contributed by atoms with E-state index in [4.69, 9.17) is 11.6 Å². The van der Waals surface area contributed by atoms with Gasteiger partial charge < -0.3 is 10.2 Å². The largest absolute Gasteiger partial charge is 0.354 e. The van der Waals surface area contributed by atoms with Gasteiger partial charge in [0.05, 0.1) is 10.6 Å². The molecular weight excluding hydrogens is 558 g/mol. The molecule has 2 amide bonds. The minimum Gasteiger partial charge on any atom is -0.354 e. The number of sulfonamides is 1. The molecule has 9 heteroatoms. The molecule has 0 saturated heterocycles. The van der Waals surface area contributed by atoms with Gasteiger partial charge in [0.15, 0.2) is 0 Å². The van der Waals surface area contributed by atoms with E-state index in [1.54, 1.807) is 30.3 Å². The van der Waals surface area contributed by atoms with Crippen LogP contribution in [0.3, 0.4) is 0 Å². The summed E-state index contributed by atoms with van der Waals surface area (Å²) in [7, 11) is -4.14. The summed E-state index contributed by atoms with van der Waals surface area (Å²) >= 11 is 6.40. The van der Waals surface area contributed by atoms with Crippen LogP contribution in [0, 0.1) is 19.8 Å². The normalized spacial score (nSPS) is 12.2. The van der Waals surface area contributed by atoms with E-state index in [-0.39, 0.29) is 29.0 Å². The third kappa shape index (κ3) is 8.57. The summed E-state index contributed by atoms with van der Waals surface area (Å²) < 4.78 is 29.0. The number of benzene rings is 3. The number of nitrogens with zero attached hydrogens (tertiary/aromatic N) is 2. The average Bonchev–Trinajstić information content (AvgIpc) is 2.94. The molecule has 220 valence electrons. The number of carbonyl (C=O) groups is 2. The van der Waals surface area contributed by atoms with Crippen LogP contribution in [0.2, 0.25) is 5.02 Å². The lowest BCUT2D eigenvalue weighted by Crippen LogP contribution is -2.53. The fourth-order valence-electron chi connectivity index (χ4n) is 4.42. The molecule has 0 saturated carbocycles. The summed E-state index contributed by atoms with van der Waals surface area (Å²) in [4.78, 5) is 28.9. The van der Waals surface area contributed by atoms with Crippen molar-refractivity contribution in [2.45, 2.75) is 58.4 Å². The van der Waals surface area contributed by atoms with Gasteiger partial charge in [0.2, 0.25) is 11.8 Å². The zero-order valence-corrected chi connectivity index (χ0v) is 26.0. The van der Waals surface area contributed by atoms with E-state index < -0.39 is 28.5 Å². The predicted molar refractivity (Wildman–Crippen MR) is 166 cm³/mol. The molecular formula is C32H40ClN3O4S. The molecule has 3 aromatic carbocycles. The molecule has 0 aromatic heterocycles. The molecule has 1 atom stereocenters. The Morgan fingerprint density at radius 1 is 0.951 bits per heavy atom. The lowest BCUT2D eigenvalue weighted by atomic mass is 10.1. The molecule has 7 nitrogen and oxygen atoms in total. The number of hydrogen-bond acceptors (Lipinski definition) is 4. The van der Waals surface area contributed by atoms with Crippen molar-refractivity contribution in [2.75, 3.05) is 23.9 Å². The molecule has 0 radical (unpaired) electrons. The Hall–Kier alpha value is -3.36. The second kappa shape index (κ2) is 14.5. The first kappa shape index (κ1) is 32.2. The predicted octanol–water partition coefficient (Wildman–Crippen LogP) is 5.77. The first-order chi connectivity index (χ1) is 19.4. The van der Waals surface area contributed by atoms with Gasteiger partial charge >= 0.3 is 0 Å². The summed E-state index contributed by atoms with van der Waals surface area (Å²) in [5, 5.41) is 3.33. The van der Waals surface area contributed by atoms with Gasteiger partial charge in [0, 0.05) is 18.1 Å². The second-order valence-corrected chi connectivity index (χ2v) is 12.9. The number of amides is 2. The van der Waals surface area contributed by atoms with Crippen molar-refractivity contribution >= 4 is 39.1 Å². The van der Waals surface area contributed by atoms with Crippen LogP contribution in [-0.2, 0) is 26.0 Å². The van der Waals surface area contributed by atoms with Crippen molar-refractivity contribution < 1.29 is 18.0 Å². The number of nitrogens with one attached hydrogen (secondary N) is 1. The van der Waals surface area contributed by atoms with Gasteiger partial charge in [-0.3, -0.25) is 13.9 Å². The second-order valence-electron chi connectivity index (χ2n) is 10.6. The highest BCUT2D eigenvalue weighted by Gasteiger charge is 2.33. The Morgan fingerprint density at radius 2 is 1.61 bits per heavy atom. The van der Waals surface area contributed by atoms with Gasteiger partial charge in [-0.2, -0.15) is 0 Å². The Balaban J connectivity index is 2.02. The lowest BCUT2D eigenvalue weighted by Gasteiger charge is -2.33. The molecule has 3 aromatic rings. The van der Waals surface area contributed by atoms with Gasteiger partial charge in [-0.05, 0) is 68.0 Å². The van der Waals surface area contributed by atoms with E-state index in [0.29, 0.717) is 24.4 Å². The van der Waals surface area contributed by atoms with Crippen LogP contribution < -0.4 is 9.62 Å². The molecule has 0 aliphatic rings. The van der Waals surface area contributed by atoms with Crippen molar-refractivity contribution in [3.05, 3.63) is 94.5 Å². The quantitative estimate of drug-likeness (QED) is 0.271. The summed E-state index contributed by atoms with van der Waals surface area (Å²) in [5.41, 5.74) is 2.98. The van der Waals surface area contributed by atoms with Crippen LogP contribution in [-0.4, -0.2) is 50.8 Å². The SMILES string of the molecule is CC[C@H](C(=O)NCC(C)C)N(CCc1ccccc1)C(=O)CN(c1ccc(C)c(Cl)c1)S(=O)(=O)c1ccc(C)cc1. The van der Waals surface area contributed by atoms with Crippen LogP contribution in [0.1, 0.15) is 43.9 Å². The number of anilines is 1. The van der Waals surface area contributed by atoms with Crippen LogP contribution in [0.15, 0.2) is 77.7 Å². The lowest BCUT2D eigenvalue weighted by molar-refractivity contribution is -0.139. The smallest absolute Gasteiger partial charge is 0.264 e. The fraction of sp³-hybridized carbons (Fsp3) is 0.375. The van der Waals surface area contributed by atoms with Gasteiger partial charge in [-0.15, -0.1) is 0 Å². The molecule has 0 aliphatic carbocycles. The highest BCUT2D eigenvalue weighted by molar-refractivity contribution is 7.92. The third-order valence-electron chi connectivity index (χ3n) is 6.89. The van der Waals surface area contributed by atoms with Crippen LogP contribution in [0.4, 0.5) is 5.69 Å². The highest BCUT2D eigenvalue weighted by atomic mass is 35.5. The highest BCUT2D eigenvalue weighted by Crippen LogP contribution is 2.28.